The first-order chi connectivity index (χ1) is 11.7. The lowest BCUT2D eigenvalue weighted by atomic mass is 9.99. The summed E-state index contributed by atoms with van der Waals surface area (Å²) in [7, 11) is 2.13. The van der Waals surface area contributed by atoms with Gasteiger partial charge in [-0.1, -0.05) is 0 Å². The zero-order valence-electron chi connectivity index (χ0n) is 14.3. The van der Waals surface area contributed by atoms with E-state index >= 15 is 0 Å². The van der Waals surface area contributed by atoms with Gasteiger partial charge in [0, 0.05) is 30.7 Å². The van der Waals surface area contributed by atoms with Crippen molar-refractivity contribution in [3.63, 3.8) is 0 Å². The molecule has 1 amide bonds. The third kappa shape index (κ3) is 3.95. The molecule has 128 valence electrons. The molecule has 3 rings (SSSR count). The Kier molecular flexibility index (Phi) is 5.49. The number of rotatable bonds is 4. The highest BCUT2D eigenvalue weighted by atomic mass is 16.5. The SMILES string of the molecule is CN1CCC(N(CC2CCOC2)C(=O)c2ccc(C#N)cc2)CC1. The molecular weight excluding hydrogens is 302 g/mol. The standard InChI is InChI=1S/C19H25N3O2/c1-21-9-6-18(7-10-21)22(13-16-8-11-24-14-16)19(23)17-4-2-15(12-20)3-5-17/h2-5,16,18H,6-11,13-14H2,1H3. The lowest BCUT2D eigenvalue weighted by Crippen LogP contribution is -2.48. The zero-order valence-corrected chi connectivity index (χ0v) is 14.3. The quantitative estimate of drug-likeness (QED) is 0.850. The lowest BCUT2D eigenvalue weighted by molar-refractivity contribution is 0.0536. The molecule has 2 fully saturated rings. The number of nitriles is 1. The fourth-order valence-electron chi connectivity index (χ4n) is 3.56. The molecule has 5 heteroatoms. The number of carbonyl (C=O) groups excluding carboxylic acids is 1. The topological polar surface area (TPSA) is 56.6 Å². The minimum Gasteiger partial charge on any atom is -0.381 e. The molecule has 1 aromatic rings. The molecule has 1 aromatic carbocycles. The van der Waals surface area contributed by atoms with Crippen molar-refractivity contribution in [2.75, 3.05) is 39.9 Å². The Hall–Kier alpha value is -1.90. The van der Waals surface area contributed by atoms with Crippen LogP contribution in [-0.2, 0) is 4.74 Å². The Morgan fingerprint density at radius 3 is 2.58 bits per heavy atom. The highest BCUT2D eigenvalue weighted by Crippen LogP contribution is 2.23. The first-order valence-corrected chi connectivity index (χ1v) is 8.75. The first kappa shape index (κ1) is 16.9. The fourth-order valence-corrected chi connectivity index (χ4v) is 3.56. The van der Waals surface area contributed by atoms with E-state index in [2.05, 4.69) is 22.9 Å². The van der Waals surface area contributed by atoms with Gasteiger partial charge in [-0.15, -0.1) is 0 Å². The fraction of sp³-hybridized carbons (Fsp3) is 0.579. The summed E-state index contributed by atoms with van der Waals surface area (Å²) >= 11 is 0. The number of benzene rings is 1. The number of nitrogens with zero attached hydrogens (tertiary/aromatic N) is 3. The molecule has 0 bridgehead atoms. The Balaban J connectivity index is 1.76. The van der Waals surface area contributed by atoms with E-state index in [1.54, 1.807) is 24.3 Å². The van der Waals surface area contributed by atoms with Crippen LogP contribution in [0.5, 0.6) is 0 Å². The van der Waals surface area contributed by atoms with E-state index in [-0.39, 0.29) is 5.91 Å². The van der Waals surface area contributed by atoms with E-state index in [1.165, 1.54) is 0 Å². The monoisotopic (exact) mass is 327 g/mol. The minimum absolute atomic E-state index is 0.0842. The van der Waals surface area contributed by atoms with Crippen LogP contribution in [0.2, 0.25) is 0 Å². The van der Waals surface area contributed by atoms with Gasteiger partial charge in [-0.05, 0) is 63.7 Å². The van der Waals surface area contributed by atoms with Crippen LogP contribution < -0.4 is 0 Å². The van der Waals surface area contributed by atoms with Gasteiger partial charge in [-0.3, -0.25) is 4.79 Å². The van der Waals surface area contributed by atoms with Gasteiger partial charge in [0.1, 0.15) is 0 Å². The Morgan fingerprint density at radius 2 is 2.00 bits per heavy atom. The van der Waals surface area contributed by atoms with Gasteiger partial charge in [0.25, 0.3) is 5.91 Å². The van der Waals surface area contributed by atoms with Gasteiger partial charge in [0.2, 0.25) is 0 Å². The Labute approximate surface area is 143 Å². The minimum atomic E-state index is 0.0842. The van der Waals surface area contributed by atoms with Crippen molar-refractivity contribution in [3.05, 3.63) is 35.4 Å². The van der Waals surface area contributed by atoms with Gasteiger partial charge in [-0.25, -0.2) is 0 Å². The van der Waals surface area contributed by atoms with Crippen molar-refractivity contribution < 1.29 is 9.53 Å². The predicted octanol–water partition coefficient (Wildman–Crippen LogP) is 2.13. The number of amides is 1. The molecule has 2 heterocycles. The molecular formula is C19H25N3O2. The third-order valence-corrected chi connectivity index (χ3v) is 5.13. The Morgan fingerprint density at radius 1 is 1.29 bits per heavy atom. The molecule has 1 unspecified atom stereocenters. The summed E-state index contributed by atoms with van der Waals surface area (Å²) in [4.78, 5) is 17.5. The summed E-state index contributed by atoms with van der Waals surface area (Å²) in [5.74, 6) is 0.521. The van der Waals surface area contributed by atoms with Crippen LogP contribution in [0.1, 0.15) is 35.2 Å². The summed E-state index contributed by atoms with van der Waals surface area (Å²) < 4.78 is 5.50. The lowest BCUT2D eigenvalue weighted by Gasteiger charge is -2.38. The second-order valence-electron chi connectivity index (χ2n) is 6.91. The van der Waals surface area contributed by atoms with Gasteiger partial charge in [0.15, 0.2) is 0 Å². The largest absolute Gasteiger partial charge is 0.381 e. The summed E-state index contributed by atoms with van der Waals surface area (Å²) in [6.45, 7) is 4.39. The molecule has 0 radical (unpaired) electrons. The molecule has 2 aliphatic heterocycles. The Bertz CT molecular complexity index is 594. The van der Waals surface area contributed by atoms with Crippen LogP contribution in [0.4, 0.5) is 0 Å². The van der Waals surface area contributed by atoms with Crippen molar-refractivity contribution in [2.45, 2.75) is 25.3 Å². The molecule has 5 nitrogen and oxygen atoms in total. The molecule has 0 saturated carbocycles. The van der Waals surface area contributed by atoms with E-state index in [4.69, 9.17) is 10.00 Å². The number of carbonyl (C=O) groups is 1. The van der Waals surface area contributed by atoms with Crippen molar-refractivity contribution in [1.29, 1.82) is 5.26 Å². The maximum Gasteiger partial charge on any atom is 0.254 e. The van der Waals surface area contributed by atoms with E-state index in [0.717, 1.165) is 52.1 Å². The smallest absolute Gasteiger partial charge is 0.254 e. The maximum absolute atomic E-state index is 13.1. The number of hydrogen-bond acceptors (Lipinski definition) is 4. The van der Waals surface area contributed by atoms with Crippen LogP contribution >= 0.6 is 0 Å². The highest BCUT2D eigenvalue weighted by Gasteiger charge is 2.30. The summed E-state index contributed by atoms with van der Waals surface area (Å²) in [6, 6.07) is 9.38. The van der Waals surface area contributed by atoms with Crippen LogP contribution in [-0.4, -0.2) is 61.6 Å². The predicted molar refractivity (Wildman–Crippen MR) is 91.6 cm³/mol. The van der Waals surface area contributed by atoms with Gasteiger partial charge < -0.3 is 14.5 Å². The van der Waals surface area contributed by atoms with Crippen LogP contribution in [0.25, 0.3) is 0 Å². The third-order valence-electron chi connectivity index (χ3n) is 5.13. The second-order valence-corrected chi connectivity index (χ2v) is 6.91. The molecule has 24 heavy (non-hydrogen) atoms. The van der Waals surface area contributed by atoms with E-state index in [9.17, 15) is 4.79 Å². The molecule has 2 saturated heterocycles. The number of likely N-dealkylation sites (tertiary alicyclic amines) is 1. The zero-order chi connectivity index (χ0) is 16.9. The van der Waals surface area contributed by atoms with Crippen LogP contribution in [0.3, 0.4) is 0 Å². The summed E-state index contributed by atoms with van der Waals surface area (Å²) in [5.41, 5.74) is 1.26. The molecule has 0 aliphatic carbocycles. The number of hydrogen-bond donors (Lipinski definition) is 0. The summed E-state index contributed by atoms with van der Waals surface area (Å²) in [5, 5.41) is 8.93. The van der Waals surface area contributed by atoms with Gasteiger partial charge in [0.05, 0.1) is 18.2 Å². The molecule has 0 spiro atoms. The molecule has 0 aromatic heterocycles. The van der Waals surface area contributed by atoms with Crippen molar-refractivity contribution >= 4 is 5.91 Å². The van der Waals surface area contributed by atoms with E-state index < -0.39 is 0 Å². The van der Waals surface area contributed by atoms with Crippen molar-refractivity contribution in [3.8, 4) is 6.07 Å². The average molecular weight is 327 g/mol. The number of piperidine rings is 1. The highest BCUT2D eigenvalue weighted by molar-refractivity contribution is 5.94. The first-order valence-electron chi connectivity index (χ1n) is 8.75. The van der Waals surface area contributed by atoms with Crippen molar-refractivity contribution in [1.82, 2.24) is 9.80 Å². The van der Waals surface area contributed by atoms with Crippen molar-refractivity contribution in [2.24, 2.45) is 5.92 Å². The molecule has 2 aliphatic rings. The van der Waals surface area contributed by atoms with Crippen LogP contribution in [0.15, 0.2) is 24.3 Å². The summed E-state index contributed by atoms with van der Waals surface area (Å²) in [6.07, 6.45) is 3.07. The normalized spacial score (nSPS) is 22.2. The van der Waals surface area contributed by atoms with Gasteiger partial charge in [-0.2, -0.15) is 5.26 Å². The maximum atomic E-state index is 13.1. The average Bonchev–Trinajstić information content (AvgIpc) is 3.13. The molecule has 1 atom stereocenters. The number of ether oxygens (including phenoxy) is 1. The van der Waals surface area contributed by atoms with E-state index in [0.29, 0.717) is 23.1 Å². The second kappa shape index (κ2) is 7.78. The van der Waals surface area contributed by atoms with Crippen LogP contribution in [0, 0.1) is 17.2 Å². The van der Waals surface area contributed by atoms with E-state index in [1.807, 2.05) is 0 Å². The van der Waals surface area contributed by atoms with Gasteiger partial charge >= 0.3 is 0 Å². The molecule has 0 N–H and O–H groups in total.